The highest BCUT2D eigenvalue weighted by atomic mass is 16.5. The van der Waals surface area contributed by atoms with Gasteiger partial charge in [0.25, 0.3) is 0 Å². The maximum Gasteiger partial charge on any atom is 0.124 e. The molecule has 1 aliphatic rings. The molecule has 0 bridgehead atoms. The van der Waals surface area contributed by atoms with Crippen LogP contribution in [0, 0.1) is 13.8 Å². The maximum absolute atomic E-state index is 9.75. The van der Waals surface area contributed by atoms with Gasteiger partial charge in [0.15, 0.2) is 0 Å². The summed E-state index contributed by atoms with van der Waals surface area (Å²) in [6.45, 7) is 4.02. The Kier molecular flexibility index (Phi) is 2.94. The average Bonchev–Trinajstić information content (AvgIpc) is 2.40. The molecule has 0 saturated heterocycles. The first-order valence-corrected chi connectivity index (χ1v) is 6.70. The van der Waals surface area contributed by atoms with Crippen LogP contribution in [0.2, 0.25) is 0 Å². The average molecular weight is 254 g/mol. The highest BCUT2D eigenvalue weighted by Gasteiger charge is 2.23. The van der Waals surface area contributed by atoms with Crippen molar-refractivity contribution >= 4 is 0 Å². The molecule has 2 aromatic carbocycles. The minimum atomic E-state index is 0.123. The number of aromatic hydroxyl groups is 1. The van der Waals surface area contributed by atoms with Gasteiger partial charge >= 0.3 is 0 Å². The number of hydrogen-bond acceptors (Lipinski definition) is 2. The summed E-state index contributed by atoms with van der Waals surface area (Å²) in [6, 6.07) is 12.1. The Labute approximate surface area is 113 Å². The molecule has 0 fully saturated rings. The number of ether oxygens (including phenoxy) is 1. The number of phenolic OH excluding ortho intramolecular Hbond substituents is 1. The van der Waals surface area contributed by atoms with E-state index in [1.807, 2.05) is 19.1 Å². The van der Waals surface area contributed by atoms with E-state index < -0.39 is 0 Å². The largest absolute Gasteiger partial charge is 0.508 e. The molecule has 98 valence electrons. The van der Waals surface area contributed by atoms with E-state index in [2.05, 4.69) is 31.2 Å². The van der Waals surface area contributed by atoms with Crippen molar-refractivity contribution in [2.24, 2.45) is 0 Å². The summed E-state index contributed by atoms with van der Waals surface area (Å²) in [5, 5.41) is 9.75. The van der Waals surface area contributed by atoms with Crippen LogP contribution in [0.1, 0.15) is 34.8 Å². The van der Waals surface area contributed by atoms with Crippen LogP contribution in [0.15, 0.2) is 36.4 Å². The Bertz CT molecular complexity index is 617. The Morgan fingerprint density at radius 1 is 1.11 bits per heavy atom. The quantitative estimate of drug-likeness (QED) is 0.831. The van der Waals surface area contributed by atoms with E-state index in [1.54, 1.807) is 0 Å². The van der Waals surface area contributed by atoms with E-state index in [9.17, 15) is 5.11 Å². The zero-order chi connectivity index (χ0) is 13.4. The number of hydrogen-bond donors (Lipinski definition) is 1. The molecule has 0 radical (unpaired) electrons. The zero-order valence-electron chi connectivity index (χ0n) is 11.3. The van der Waals surface area contributed by atoms with Gasteiger partial charge in [0, 0.05) is 0 Å². The summed E-state index contributed by atoms with van der Waals surface area (Å²) in [7, 11) is 0. The fourth-order valence-electron chi connectivity index (χ4n) is 2.68. The molecule has 0 amide bonds. The Hall–Kier alpha value is -1.96. The fourth-order valence-corrected chi connectivity index (χ4v) is 2.68. The first-order valence-electron chi connectivity index (χ1n) is 6.70. The van der Waals surface area contributed by atoms with Gasteiger partial charge in [0.1, 0.15) is 17.6 Å². The van der Waals surface area contributed by atoms with Crippen LogP contribution in [-0.2, 0) is 6.42 Å². The topological polar surface area (TPSA) is 29.5 Å². The molecule has 1 N–H and O–H groups in total. The molecule has 0 aromatic heterocycles. The summed E-state index contributed by atoms with van der Waals surface area (Å²) < 4.78 is 6.12. The van der Waals surface area contributed by atoms with E-state index in [4.69, 9.17) is 4.74 Å². The molecule has 1 heterocycles. The molecular formula is C17H18O2. The standard InChI is InChI=1S/C17H18O2/c1-11-5-3-4-6-14(11)16-8-7-13-10-15(18)12(2)9-17(13)19-16/h3-6,9-10,16,18H,7-8H2,1-2H3. The van der Waals surface area contributed by atoms with Crippen LogP contribution >= 0.6 is 0 Å². The van der Waals surface area contributed by atoms with Crippen LogP contribution in [0.3, 0.4) is 0 Å². The number of rotatable bonds is 1. The van der Waals surface area contributed by atoms with E-state index in [0.29, 0.717) is 5.75 Å². The lowest BCUT2D eigenvalue weighted by Crippen LogP contribution is -2.16. The van der Waals surface area contributed by atoms with Crippen molar-refractivity contribution in [2.45, 2.75) is 32.8 Å². The molecule has 1 aliphatic heterocycles. The van der Waals surface area contributed by atoms with Gasteiger partial charge < -0.3 is 9.84 Å². The normalized spacial score (nSPS) is 17.7. The van der Waals surface area contributed by atoms with Gasteiger partial charge in [-0.15, -0.1) is 0 Å². The third kappa shape index (κ3) is 2.19. The summed E-state index contributed by atoms with van der Waals surface area (Å²) in [5.41, 5.74) is 4.50. The lowest BCUT2D eigenvalue weighted by Gasteiger charge is -2.28. The highest BCUT2D eigenvalue weighted by Crippen LogP contribution is 2.38. The van der Waals surface area contributed by atoms with Gasteiger partial charge in [-0.05, 0) is 61.1 Å². The lowest BCUT2D eigenvalue weighted by molar-refractivity contribution is 0.175. The lowest BCUT2D eigenvalue weighted by atomic mass is 9.94. The smallest absolute Gasteiger partial charge is 0.124 e. The zero-order valence-corrected chi connectivity index (χ0v) is 11.3. The Morgan fingerprint density at radius 3 is 2.68 bits per heavy atom. The first-order chi connectivity index (χ1) is 9.15. The second-order valence-corrected chi connectivity index (χ2v) is 5.25. The number of fused-ring (bicyclic) bond motifs is 1. The maximum atomic E-state index is 9.75. The predicted molar refractivity (Wildman–Crippen MR) is 75.7 cm³/mol. The van der Waals surface area contributed by atoms with Gasteiger partial charge in [0.05, 0.1) is 0 Å². The van der Waals surface area contributed by atoms with Crippen LogP contribution in [0.25, 0.3) is 0 Å². The van der Waals surface area contributed by atoms with Crippen molar-refractivity contribution in [3.8, 4) is 11.5 Å². The second-order valence-electron chi connectivity index (χ2n) is 5.25. The number of phenols is 1. The van der Waals surface area contributed by atoms with Gasteiger partial charge in [-0.2, -0.15) is 0 Å². The third-order valence-corrected chi connectivity index (χ3v) is 3.86. The number of benzene rings is 2. The third-order valence-electron chi connectivity index (χ3n) is 3.86. The summed E-state index contributed by atoms with van der Waals surface area (Å²) in [6.07, 6.45) is 2.03. The Morgan fingerprint density at radius 2 is 1.89 bits per heavy atom. The van der Waals surface area contributed by atoms with Gasteiger partial charge in [-0.25, -0.2) is 0 Å². The molecule has 0 aliphatic carbocycles. The van der Waals surface area contributed by atoms with Crippen molar-refractivity contribution in [2.75, 3.05) is 0 Å². The first kappa shape index (κ1) is 12.1. The fraction of sp³-hybridized carbons (Fsp3) is 0.294. The molecule has 2 heteroatoms. The summed E-state index contributed by atoms with van der Waals surface area (Å²) >= 11 is 0. The molecule has 0 spiro atoms. The van der Waals surface area contributed by atoms with Gasteiger partial charge in [-0.1, -0.05) is 24.3 Å². The van der Waals surface area contributed by atoms with Crippen LogP contribution in [0.4, 0.5) is 0 Å². The van der Waals surface area contributed by atoms with Crippen LogP contribution < -0.4 is 4.74 Å². The van der Waals surface area contributed by atoms with Crippen LogP contribution in [-0.4, -0.2) is 5.11 Å². The molecule has 2 aromatic rings. The van der Waals surface area contributed by atoms with Crippen molar-refractivity contribution in [3.05, 3.63) is 58.7 Å². The van der Waals surface area contributed by atoms with E-state index in [-0.39, 0.29) is 6.10 Å². The van der Waals surface area contributed by atoms with Crippen molar-refractivity contribution in [3.63, 3.8) is 0 Å². The number of aryl methyl sites for hydroxylation is 3. The molecule has 19 heavy (non-hydrogen) atoms. The predicted octanol–water partition coefficient (Wildman–Crippen LogP) is 4.08. The second kappa shape index (κ2) is 4.61. The van der Waals surface area contributed by atoms with Crippen molar-refractivity contribution < 1.29 is 9.84 Å². The van der Waals surface area contributed by atoms with Gasteiger partial charge in [0.2, 0.25) is 0 Å². The van der Waals surface area contributed by atoms with E-state index in [0.717, 1.165) is 29.7 Å². The van der Waals surface area contributed by atoms with E-state index >= 15 is 0 Å². The van der Waals surface area contributed by atoms with Crippen LogP contribution in [0.5, 0.6) is 11.5 Å². The summed E-state index contributed by atoms with van der Waals surface area (Å²) in [4.78, 5) is 0. The SMILES string of the molecule is Cc1cc2c(cc1O)CCC(c1ccccc1C)O2. The minimum absolute atomic E-state index is 0.123. The molecule has 1 atom stereocenters. The van der Waals surface area contributed by atoms with E-state index in [1.165, 1.54) is 11.1 Å². The highest BCUT2D eigenvalue weighted by molar-refractivity contribution is 5.47. The molecule has 3 rings (SSSR count). The minimum Gasteiger partial charge on any atom is -0.508 e. The Balaban J connectivity index is 1.94. The monoisotopic (exact) mass is 254 g/mol. The van der Waals surface area contributed by atoms with Gasteiger partial charge in [-0.3, -0.25) is 0 Å². The molecule has 2 nitrogen and oxygen atoms in total. The molecule has 1 unspecified atom stereocenters. The summed E-state index contributed by atoms with van der Waals surface area (Å²) in [5.74, 6) is 1.27. The molecule has 0 saturated carbocycles. The molecular weight excluding hydrogens is 236 g/mol. The van der Waals surface area contributed by atoms with Crippen molar-refractivity contribution in [1.29, 1.82) is 0 Å². The van der Waals surface area contributed by atoms with Crippen molar-refractivity contribution in [1.82, 2.24) is 0 Å².